The Hall–Kier alpha value is -0.930. The first kappa shape index (κ1) is 16.4. The Labute approximate surface area is 132 Å². The zero-order chi connectivity index (χ0) is 15.8. The smallest absolute Gasteiger partial charge is 0.307 e. The van der Waals surface area contributed by atoms with Gasteiger partial charge in [-0.3, -0.25) is 10.1 Å². The zero-order valence-electron chi connectivity index (χ0n) is 11.0. The Balaban J connectivity index is 2.55. The van der Waals surface area contributed by atoms with Crippen molar-refractivity contribution >= 4 is 38.9 Å². The van der Waals surface area contributed by atoms with Crippen LogP contribution in [-0.2, 0) is 10.0 Å². The number of nitro benzene ring substituents is 1. The number of hydrogen-bond acceptors (Lipinski definition) is 5. The average molecular weight is 354 g/mol. The molecule has 1 fully saturated rings. The molecule has 1 aliphatic heterocycles. The van der Waals surface area contributed by atoms with E-state index in [2.05, 4.69) is 5.32 Å². The molecule has 10 heteroatoms. The predicted octanol–water partition coefficient (Wildman–Crippen LogP) is 1.88. The van der Waals surface area contributed by atoms with Crippen LogP contribution in [0, 0.1) is 10.1 Å². The summed E-state index contributed by atoms with van der Waals surface area (Å²) in [6.45, 7) is 3.04. The van der Waals surface area contributed by atoms with Crippen LogP contribution in [0.2, 0.25) is 10.0 Å². The Kier molecular flexibility index (Phi) is 4.74. The SMILES string of the molecule is C[C@H]1CNCCN1S(=O)(=O)c1ccc(Cl)c([N+](=O)[O-])c1Cl. The molecule has 0 bridgehead atoms. The zero-order valence-corrected chi connectivity index (χ0v) is 13.4. The van der Waals surface area contributed by atoms with Gasteiger partial charge < -0.3 is 5.32 Å². The summed E-state index contributed by atoms with van der Waals surface area (Å²) in [4.78, 5) is 9.90. The number of benzene rings is 1. The van der Waals surface area contributed by atoms with Crippen LogP contribution in [0.1, 0.15) is 6.92 Å². The molecule has 7 nitrogen and oxygen atoms in total. The monoisotopic (exact) mass is 353 g/mol. The third-order valence-electron chi connectivity index (χ3n) is 3.24. The minimum atomic E-state index is -3.92. The standard InChI is InChI=1S/C11H13Cl2N3O4S/c1-7-6-14-4-5-15(7)21(19,20)9-3-2-8(12)11(10(9)13)16(17)18/h2-3,7,14H,4-6H2,1H3/t7-/m0/s1. The van der Waals surface area contributed by atoms with Gasteiger partial charge in [0.2, 0.25) is 10.0 Å². The fraction of sp³-hybridized carbons (Fsp3) is 0.455. The maximum Gasteiger partial charge on any atom is 0.307 e. The second-order valence-corrected chi connectivity index (χ2v) is 7.28. The fourth-order valence-corrected chi connectivity index (χ4v) is 4.69. The molecule has 1 N–H and O–H groups in total. The van der Waals surface area contributed by atoms with Crippen molar-refractivity contribution in [1.82, 2.24) is 9.62 Å². The molecule has 0 aromatic heterocycles. The summed E-state index contributed by atoms with van der Waals surface area (Å²) in [5, 5.41) is 13.4. The maximum absolute atomic E-state index is 12.7. The highest BCUT2D eigenvalue weighted by molar-refractivity contribution is 7.89. The third kappa shape index (κ3) is 3.00. The lowest BCUT2D eigenvalue weighted by Gasteiger charge is -2.33. The highest BCUT2D eigenvalue weighted by Crippen LogP contribution is 2.38. The van der Waals surface area contributed by atoms with Gasteiger partial charge in [-0.05, 0) is 19.1 Å². The van der Waals surface area contributed by atoms with Gasteiger partial charge in [0.05, 0.1) is 4.92 Å². The molecule has 2 rings (SSSR count). The largest absolute Gasteiger partial charge is 0.314 e. The van der Waals surface area contributed by atoms with Crippen LogP contribution < -0.4 is 5.32 Å². The van der Waals surface area contributed by atoms with Gasteiger partial charge in [0.15, 0.2) is 0 Å². The minimum Gasteiger partial charge on any atom is -0.314 e. The Morgan fingerprint density at radius 3 is 2.67 bits per heavy atom. The van der Waals surface area contributed by atoms with E-state index in [4.69, 9.17) is 23.2 Å². The second kappa shape index (κ2) is 6.05. The number of halogens is 2. The number of sulfonamides is 1. The van der Waals surface area contributed by atoms with Gasteiger partial charge in [0.25, 0.3) is 0 Å². The first-order valence-corrected chi connectivity index (χ1v) is 8.31. The van der Waals surface area contributed by atoms with Gasteiger partial charge in [-0.15, -0.1) is 0 Å². The van der Waals surface area contributed by atoms with Crippen molar-refractivity contribution in [2.75, 3.05) is 19.6 Å². The molecule has 116 valence electrons. The topological polar surface area (TPSA) is 92.6 Å². The number of nitrogens with zero attached hydrogens (tertiary/aromatic N) is 2. The first-order chi connectivity index (χ1) is 9.76. The van der Waals surface area contributed by atoms with E-state index in [1.165, 1.54) is 16.4 Å². The van der Waals surface area contributed by atoms with Crippen LogP contribution in [0.5, 0.6) is 0 Å². The van der Waals surface area contributed by atoms with Gasteiger partial charge in [0, 0.05) is 25.7 Å². The van der Waals surface area contributed by atoms with E-state index < -0.39 is 25.7 Å². The molecule has 1 aliphatic rings. The molecular formula is C11H13Cl2N3O4S. The van der Waals surface area contributed by atoms with Crippen LogP contribution in [0.3, 0.4) is 0 Å². The molecular weight excluding hydrogens is 341 g/mol. The van der Waals surface area contributed by atoms with Gasteiger partial charge in [-0.2, -0.15) is 4.31 Å². The van der Waals surface area contributed by atoms with Crippen LogP contribution >= 0.6 is 23.2 Å². The third-order valence-corrected chi connectivity index (χ3v) is 6.10. The van der Waals surface area contributed by atoms with Gasteiger partial charge in [0.1, 0.15) is 14.9 Å². The average Bonchev–Trinajstić information content (AvgIpc) is 2.38. The molecule has 1 aromatic carbocycles. The summed E-state index contributed by atoms with van der Waals surface area (Å²) in [6.07, 6.45) is 0. The quantitative estimate of drug-likeness (QED) is 0.661. The molecule has 0 radical (unpaired) electrons. The molecule has 0 saturated carbocycles. The second-order valence-electron chi connectivity index (χ2n) is 4.63. The number of hydrogen-bond donors (Lipinski definition) is 1. The van der Waals surface area contributed by atoms with Crippen molar-refractivity contribution in [3.8, 4) is 0 Å². The van der Waals surface area contributed by atoms with E-state index in [0.29, 0.717) is 13.1 Å². The first-order valence-electron chi connectivity index (χ1n) is 6.11. The Morgan fingerprint density at radius 2 is 2.10 bits per heavy atom. The van der Waals surface area contributed by atoms with Gasteiger partial charge in [-0.25, -0.2) is 8.42 Å². The molecule has 1 saturated heterocycles. The van der Waals surface area contributed by atoms with E-state index in [1.54, 1.807) is 6.92 Å². The van der Waals surface area contributed by atoms with E-state index in [9.17, 15) is 18.5 Å². The molecule has 0 aliphatic carbocycles. The summed E-state index contributed by atoms with van der Waals surface area (Å²) in [5.41, 5.74) is -0.595. The molecule has 21 heavy (non-hydrogen) atoms. The number of nitro groups is 1. The van der Waals surface area contributed by atoms with E-state index in [-0.39, 0.29) is 22.5 Å². The highest BCUT2D eigenvalue weighted by atomic mass is 35.5. The van der Waals surface area contributed by atoms with Crippen LogP contribution in [0.15, 0.2) is 17.0 Å². The predicted molar refractivity (Wildman–Crippen MR) is 79.3 cm³/mol. The van der Waals surface area contributed by atoms with Gasteiger partial charge in [-0.1, -0.05) is 23.2 Å². The summed E-state index contributed by atoms with van der Waals surface area (Å²) < 4.78 is 26.6. The summed E-state index contributed by atoms with van der Waals surface area (Å²) >= 11 is 11.6. The van der Waals surface area contributed by atoms with Crippen LogP contribution in [0.4, 0.5) is 5.69 Å². The molecule has 0 amide bonds. The van der Waals surface area contributed by atoms with Crippen molar-refractivity contribution < 1.29 is 13.3 Å². The normalized spacial score (nSPS) is 20.4. The minimum absolute atomic E-state index is 0.197. The Bertz CT molecular complexity index is 680. The van der Waals surface area contributed by atoms with Gasteiger partial charge >= 0.3 is 5.69 Å². The lowest BCUT2D eigenvalue weighted by molar-refractivity contribution is -0.384. The van der Waals surface area contributed by atoms with Crippen molar-refractivity contribution in [3.05, 3.63) is 32.3 Å². The van der Waals surface area contributed by atoms with Crippen molar-refractivity contribution in [2.24, 2.45) is 0 Å². The van der Waals surface area contributed by atoms with Crippen molar-refractivity contribution in [2.45, 2.75) is 17.9 Å². The Morgan fingerprint density at radius 1 is 1.43 bits per heavy atom. The summed E-state index contributed by atoms with van der Waals surface area (Å²) in [7, 11) is -3.92. The molecule has 1 atom stereocenters. The van der Waals surface area contributed by atoms with Crippen molar-refractivity contribution in [1.29, 1.82) is 0 Å². The number of piperazine rings is 1. The lowest BCUT2D eigenvalue weighted by atomic mass is 10.3. The molecule has 1 aromatic rings. The number of nitrogens with one attached hydrogen (secondary N) is 1. The summed E-state index contributed by atoms with van der Waals surface area (Å²) in [5.74, 6) is 0. The lowest BCUT2D eigenvalue weighted by Crippen LogP contribution is -2.52. The van der Waals surface area contributed by atoms with Crippen LogP contribution in [-0.4, -0.2) is 43.3 Å². The van der Waals surface area contributed by atoms with Crippen LogP contribution in [0.25, 0.3) is 0 Å². The van der Waals surface area contributed by atoms with Crippen molar-refractivity contribution in [3.63, 3.8) is 0 Å². The number of rotatable bonds is 3. The van der Waals surface area contributed by atoms with E-state index >= 15 is 0 Å². The molecule has 0 unspecified atom stereocenters. The maximum atomic E-state index is 12.7. The fourth-order valence-electron chi connectivity index (χ4n) is 2.19. The van der Waals surface area contributed by atoms with E-state index in [0.717, 1.165) is 0 Å². The highest BCUT2D eigenvalue weighted by Gasteiger charge is 2.35. The summed E-state index contributed by atoms with van der Waals surface area (Å²) in [6, 6.07) is 2.10. The molecule has 0 spiro atoms. The van der Waals surface area contributed by atoms with E-state index in [1.807, 2.05) is 0 Å². The molecule has 1 heterocycles.